The maximum Gasteiger partial charge on any atom is 0.271 e. The minimum atomic E-state index is -3.98. The topological polar surface area (TPSA) is 111 Å². The van der Waals surface area contributed by atoms with Gasteiger partial charge in [-0.05, 0) is 32.3 Å². The largest absolute Gasteiger partial charge is 0.448 e. The van der Waals surface area contributed by atoms with Crippen LogP contribution in [-0.4, -0.2) is 35.6 Å². The van der Waals surface area contributed by atoms with E-state index in [0.29, 0.717) is 6.54 Å². The number of carbonyl (C=O) groups excluding carboxylic acids is 1. The molecule has 3 heterocycles. The number of furan rings is 1. The van der Waals surface area contributed by atoms with Crippen LogP contribution in [0.15, 0.2) is 27.8 Å². The Morgan fingerprint density at radius 2 is 2.17 bits per heavy atom. The van der Waals surface area contributed by atoms with Crippen molar-refractivity contribution in [1.82, 2.24) is 14.7 Å². The van der Waals surface area contributed by atoms with Crippen LogP contribution in [0, 0.1) is 6.92 Å². The van der Waals surface area contributed by atoms with Gasteiger partial charge >= 0.3 is 0 Å². The van der Waals surface area contributed by atoms with E-state index >= 15 is 0 Å². The second-order valence-corrected chi connectivity index (χ2v) is 7.46. The highest BCUT2D eigenvalue weighted by Gasteiger charge is 2.32. The standard InChI is InChI=1S/C15H20N4O4S/c1-10-11(9-14(23-10)24(16,21)22)15(20)19-8-4-3-5-13(19)12-6-7-17-18(12)2/h6-7,9,13H,3-5,8H2,1-2H3,(H2,16,21,22). The second kappa shape index (κ2) is 6.06. The van der Waals surface area contributed by atoms with Crippen molar-refractivity contribution in [2.45, 2.75) is 37.3 Å². The molecule has 1 amide bonds. The molecule has 1 unspecified atom stereocenters. The lowest BCUT2D eigenvalue weighted by molar-refractivity contribution is 0.0599. The molecule has 1 atom stereocenters. The van der Waals surface area contributed by atoms with Crippen molar-refractivity contribution in [3.05, 3.63) is 35.3 Å². The van der Waals surface area contributed by atoms with E-state index in [4.69, 9.17) is 9.56 Å². The molecule has 2 aromatic heterocycles. The molecule has 2 aromatic rings. The third-order valence-electron chi connectivity index (χ3n) is 4.37. The Labute approximate surface area is 140 Å². The van der Waals surface area contributed by atoms with Gasteiger partial charge in [0.25, 0.3) is 15.9 Å². The Balaban J connectivity index is 1.96. The summed E-state index contributed by atoms with van der Waals surface area (Å²) in [7, 11) is -2.14. The van der Waals surface area contributed by atoms with E-state index in [-0.39, 0.29) is 23.3 Å². The van der Waals surface area contributed by atoms with E-state index in [1.54, 1.807) is 22.7 Å². The number of aromatic nitrogens is 2. The van der Waals surface area contributed by atoms with Crippen LogP contribution in [-0.2, 0) is 17.1 Å². The summed E-state index contributed by atoms with van der Waals surface area (Å²) in [6.45, 7) is 2.16. The average molecular weight is 352 g/mol. The zero-order chi connectivity index (χ0) is 17.5. The van der Waals surface area contributed by atoms with E-state index < -0.39 is 15.1 Å². The fourth-order valence-electron chi connectivity index (χ4n) is 3.16. The molecule has 1 fully saturated rings. The predicted octanol–water partition coefficient (Wildman–Crippen LogP) is 1.34. The fourth-order valence-corrected chi connectivity index (χ4v) is 3.68. The monoisotopic (exact) mass is 352 g/mol. The van der Waals surface area contributed by atoms with Crippen LogP contribution in [0.25, 0.3) is 0 Å². The Morgan fingerprint density at radius 3 is 2.75 bits per heavy atom. The summed E-state index contributed by atoms with van der Waals surface area (Å²) in [6.07, 6.45) is 4.46. The van der Waals surface area contributed by atoms with E-state index in [2.05, 4.69) is 5.10 Å². The molecule has 0 saturated carbocycles. The van der Waals surface area contributed by atoms with Crippen LogP contribution >= 0.6 is 0 Å². The molecule has 8 nitrogen and oxygen atoms in total. The van der Waals surface area contributed by atoms with Gasteiger partial charge in [-0.2, -0.15) is 5.10 Å². The SMILES string of the molecule is Cc1oc(S(N)(=O)=O)cc1C(=O)N1CCCCC1c1ccnn1C. The van der Waals surface area contributed by atoms with Crippen LogP contribution in [0.3, 0.4) is 0 Å². The summed E-state index contributed by atoms with van der Waals surface area (Å²) < 4.78 is 29.8. The van der Waals surface area contributed by atoms with Gasteiger partial charge in [0.05, 0.1) is 17.3 Å². The molecule has 0 radical (unpaired) electrons. The molecule has 0 spiro atoms. The smallest absolute Gasteiger partial charge is 0.271 e. The number of nitrogens with zero attached hydrogens (tertiary/aromatic N) is 3. The van der Waals surface area contributed by atoms with Gasteiger partial charge in [0, 0.05) is 25.9 Å². The van der Waals surface area contributed by atoms with Gasteiger partial charge < -0.3 is 9.32 Å². The van der Waals surface area contributed by atoms with Crippen LogP contribution < -0.4 is 5.14 Å². The van der Waals surface area contributed by atoms with Gasteiger partial charge in [0.15, 0.2) is 0 Å². The first kappa shape index (κ1) is 16.7. The van der Waals surface area contributed by atoms with Crippen LogP contribution in [0.5, 0.6) is 0 Å². The zero-order valence-electron chi connectivity index (χ0n) is 13.6. The van der Waals surface area contributed by atoms with E-state index in [9.17, 15) is 13.2 Å². The van der Waals surface area contributed by atoms with E-state index in [1.807, 2.05) is 13.1 Å². The molecule has 2 N–H and O–H groups in total. The average Bonchev–Trinajstić information content (AvgIpc) is 3.12. The maximum absolute atomic E-state index is 13.0. The lowest BCUT2D eigenvalue weighted by Gasteiger charge is -2.35. The second-order valence-electron chi connectivity index (χ2n) is 5.97. The molecule has 0 aliphatic carbocycles. The van der Waals surface area contributed by atoms with Crippen molar-refractivity contribution in [3.8, 4) is 0 Å². The number of aryl methyl sites for hydroxylation is 2. The number of rotatable bonds is 3. The van der Waals surface area contributed by atoms with Crippen LogP contribution in [0.4, 0.5) is 0 Å². The predicted molar refractivity (Wildman–Crippen MR) is 85.7 cm³/mol. The number of primary sulfonamides is 1. The molecule has 130 valence electrons. The van der Waals surface area contributed by atoms with Crippen molar-refractivity contribution < 1.29 is 17.6 Å². The van der Waals surface area contributed by atoms with Gasteiger partial charge in [-0.3, -0.25) is 9.48 Å². The molecule has 1 aliphatic heterocycles. The number of carbonyl (C=O) groups is 1. The number of hydrogen-bond donors (Lipinski definition) is 1. The fraction of sp³-hybridized carbons (Fsp3) is 0.467. The number of amides is 1. The molecular formula is C15H20N4O4S. The van der Waals surface area contributed by atoms with Crippen molar-refractivity contribution in [3.63, 3.8) is 0 Å². The van der Waals surface area contributed by atoms with Gasteiger partial charge in [0.1, 0.15) is 5.76 Å². The van der Waals surface area contributed by atoms with Crippen molar-refractivity contribution in [2.75, 3.05) is 6.54 Å². The summed E-state index contributed by atoms with van der Waals surface area (Å²) in [5.74, 6) is -0.00426. The molecular weight excluding hydrogens is 332 g/mol. The molecule has 3 rings (SSSR count). The Kier molecular flexibility index (Phi) is 4.22. The Bertz CT molecular complexity index is 868. The molecule has 24 heavy (non-hydrogen) atoms. The number of nitrogens with two attached hydrogens (primary N) is 1. The minimum absolute atomic E-state index is 0.0917. The molecule has 1 saturated heterocycles. The summed E-state index contributed by atoms with van der Waals surface area (Å²) in [4.78, 5) is 14.7. The Hall–Kier alpha value is -2.13. The highest BCUT2D eigenvalue weighted by molar-refractivity contribution is 7.89. The number of sulfonamides is 1. The zero-order valence-corrected chi connectivity index (χ0v) is 14.4. The lowest BCUT2D eigenvalue weighted by atomic mass is 9.98. The summed E-state index contributed by atoms with van der Waals surface area (Å²) in [5, 5.41) is 8.87. The first-order valence-electron chi connectivity index (χ1n) is 7.71. The molecule has 0 bridgehead atoms. The van der Waals surface area contributed by atoms with Gasteiger partial charge in [-0.15, -0.1) is 0 Å². The van der Waals surface area contributed by atoms with Crippen LogP contribution in [0.2, 0.25) is 0 Å². The highest BCUT2D eigenvalue weighted by Crippen LogP contribution is 2.33. The normalized spacial score (nSPS) is 18.8. The van der Waals surface area contributed by atoms with Crippen molar-refractivity contribution in [1.29, 1.82) is 0 Å². The van der Waals surface area contributed by atoms with Crippen LogP contribution in [0.1, 0.15) is 47.1 Å². The van der Waals surface area contributed by atoms with Gasteiger partial charge in [-0.1, -0.05) is 0 Å². The van der Waals surface area contributed by atoms with E-state index in [0.717, 1.165) is 25.0 Å². The summed E-state index contributed by atoms with van der Waals surface area (Å²) in [5.41, 5.74) is 1.18. The minimum Gasteiger partial charge on any atom is -0.448 e. The lowest BCUT2D eigenvalue weighted by Crippen LogP contribution is -2.39. The first-order valence-corrected chi connectivity index (χ1v) is 9.26. The third-order valence-corrected chi connectivity index (χ3v) is 5.13. The number of piperidine rings is 1. The Morgan fingerprint density at radius 1 is 1.42 bits per heavy atom. The third kappa shape index (κ3) is 2.96. The maximum atomic E-state index is 13.0. The highest BCUT2D eigenvalue weighted by atomic mass is 32.2. The van der Waals surface area contributed by atoms with E-state index in [1.165, 1.54) is 6.07 Å². The number of likely N-dealkylation sites (tertiary alicyclic amines) is 1. The molecule has 1 aliphatic rings. The summed E-state index contributed by atoms with van der Waals surface area (Å²) in [6, 6.07) is 3.02. The first-order chi connectivity index (χ1) is 11.3. The van der Waals surface area contributed by atoms with Gasteiger partial charge in [0.2, 0.25) is 5.09 Å². The number of hydrogen-bond acceptors (Lipinski definition) is 5. The van der Waals surface area contributed by atoms with Crippen molar-refractivity contribution in [2.24, 2.45) is 12.2 Å². The van der Waals surface area contributed by atoms with Gasteiger partial charge in [-0.25, -0.2) is 13.6 Å². The quantitative estimate of drug-likeness (QED) is 0.896. The van der Waals surface area contributed by atoms with Crippen molar-refractivity contribution >= 4 is 15.9 Å². The molecule has 9 heteroatoms. The molecule has 0 aromatic carbocycles. The summed E-state index contributed by atoms with van der Waals surface area (Å²) >= 11 is 0.